The zero-order valence-electron chi connectivity index (χ0n) is 10.2. The molecule has 0 spiro atoms. The lowest BCUT2D eigenvalue weighted by Crippen LogP contribution is -2.11. The van der Waals surface area contributed by atoms with Gasteiger partial charge in [-0.15, -0.1) is 11.3 Å². The maximum atomic E-state index is 12.2. The molecule has 9 heteroatoms. The first kappa shape index (κ1) is 14.9. The number of hydrogen-bond donors (Lipinski definition) is 1. The quantitative estimate of drug-likeness (QED) is 0.652. The number of thiophene rings is 1. The summed E-state index contributed by atoms with van der Waals surface area (Å²) < 4.78 is 27.5. The van der Waals surface area contributed by atoms with E-state index in [1.165, 1.54) is 30.3 Å². The molecular weight excluding hydrogens is 368 g/mol. The molecule has 0 saturated carbocycles. The molecule has 1 N–H and O–H groups in total. The van der Waals surface area contributed by atoms with Crippen molar-refractivity contribution in [3.8, 4) is 0 Å². The highest BCUT2D eigenvalue weighted by Gasteiger charge is 2.19. The molecule has 0 amide bonds. The normalized spacial score (nSPS) is 11.3. The van der Waals surface area contributed by atoms with Crippen molar-refractivity contribution in [3.05, 3.63) is 49.8 Å². The molecule has 0 aliphatic rings. The number of hydrogen-bond acceptors (Lipinski definition) is 5. The van der Waals surface area contributed by atoms with Gasteiger partial charge in [-0.2, -0.15) is 0 Å². The Bertz CT molecular complexity index is 751. The Morgan fingerprint density at radius 1 is 1.35 bits per heavy atom. The van der Waals surface area contributed by atoms with Gasteiger partial charge in [0.05, 0.1) is 14.4 Å². The van der Waals surface area contributed by atoms with Crippen LogP contribution in [0.15, 0.2) is 38.3 Å². The standard InChI is InChI=1S/C11H9BrN2O4S2/c1-7-5-10(19-11(7)12)20(17,18)13-8-3-2-4-9(6-8)14(15)16/h2-6,13H,1H3. The predicted molar refractivity (Wildman–Crippen MR) is 80.7 cm³/mol. The summed E-state index contributed by atoms with van der Waals surface area (Å²) in [6, 6.07) is 6.89. The van der Waals surface area contributed by atoms with Gasteiger partial charge in [0.2, 0.25) is 0 Å². The van der Waals surface area contributed by atoms with Crippen molar-refractivity contribution < 1.29 is 13.3 Å². The number of nitrogens with zero attached hydrogens (tertiary/aromatic N) is 1. The van der Waals surface area contributed by atoms with E-state index < -0.39 is 14.9 Å². The van der Waals surface area contributed by atoms with Crippen LogP contribution >= 0.6 is 27.3 Å². The Balaban J connectivity index is 2.33. The lowest BCUT2D eigenvalue weighted by molar-refractivity contribution is -0.384. The summed E-state index contributed by atoms with van der Waals surface area (Å²) in [5.41, 5.74) is 0.796. The largest absolute Gasteiger partial charge is 0.279 e. The zero-order chi connectivity index (χ0) is 14.9. The maximum absolute atomic E-state index is 12.2. The molecule has 1 aromatic carbocycles. The molecule has 1 aromatic heterocycles. The van der Waals surface area contributed by atoms with Crippen LogP contribution < -0.4 is 4.72 Å². The number of anilines is 1. The van der Waals surface area contributed by atoms with Gasteiger partial charge >= 0.3 is 0 Å². The fourth-order valence-electron chi connectivity index (χ4n) is 1.45. The average molecular weight is 377 g/mol. The fourth-order valence-corrected chi connectivity index (χ4v) is 4.73. The first-order valence-corrected chi connectivity index (χ1v) is 8.42. The third kappa shape index (κ3) is 3.17. The molecule has 1 heterocycles. The number of benzene rings is 1. The van der Waals surface area contributed by atoms with Gasteiger partial charge < -0.3 is 0 Å². The Kier molecular flexibility index (Phi) is 4.11. The molecule has 2 aromatic rings. The molecule has 20 heavy (non-hydrogen) atoms. The first-order chi connectivity index (χ1) is 9.29. The highest BCUT2D eigenvalue weighted by atomic mass is 79.9. The van der Waals surface area contributed by atoms with Crippen LogP contribution in [0.1, 0.15) is 5.56 Å². The summed E-state index contributed by atoms with van der Waals surface area (Å²) >= 11 is 4.34. The summed E-state index contributed by atoms with van der Waals surface area (Å²) in [7, 11) is -3.74. The van der Waals surface area contributed by atoms with Crippen LogP contribution in [-0.2, 0) is 10.0 Å². The fraction of sp³-hybridized carbons (Fsp3) is 0.0909. The highest BCUT2D eigenvalue weighted by molar-refractivity contribution is 9.11. The third-order valence-corrected chi connectivity index (χ3v) is 6.40. The third-order valence-electron chi connectivity index (χ3n) is 2.41. The number of aryl methyl sites for hydroxylation is 1. The van der Waals surface area contributed by atoms with Crippen molar-refractivity contribution in [3.63, 3.8) is 0 Å². The monoisotopic (exact) mass is 376 g/mol. The van der Waals surface area contributed by atoms with E-state index in [-0.39, 0.29) is 15.6 Å². The Morgan fingerprint density at radius 3 is 2.60 bits per heavy atom. The SMILES string of the molecule is Cc1cc(S(=O)(=O)Nc2cccc([N+](=O)[O-])c2)sc1Br. The summed E-state index contributed by atoms with van der Waals surface area (Å²) in [5, 5.41) is 10.7. The summed E-state index contributed by atoms with van der Waals surface area (Å²) in [6.07, 6.45) is 0. The molecule has 0 radical (unpaired) electrons. The van der Waals surface area contributed by atoms with E-state index in [4.69, 9.17) is 0 Å². The van der Waals surface area contributed by atoms with Crippen molar-refractivity contribution in [2.75, 3.05) is 4.72 Å². The predicted octanol–water partition coefficient (Wildman–Crippen LogP) is 3.53. The van der Waals surface area contributed by atoms with E-state index >= 15 is 0 Å². The number of rotatable bonds is 4. The molecule has 0 unspecified atom stereocenters. The average Bonchev–Trinajstić information content (AvgIpc) is 2.70. The molecular formula is C11H9BrN2O4S2. The zero-order valence-corrected chi connectivity index (χ0v) is 13.4. The smallest absolute Gasteiger partial charge is 0.271 e. The van der Waals surface area contributed by atoms with Gasteiger partial charge in [-0.05, 0) is 40.5 Å². The highest BCUT2D eigenvalue weighted by Crippen LogP contribution is 2.31. The van der Waals surface area contributed by atoms with Crippen molar-refractivity contribution in [1.82, 2.24) is 0 Å². The number of halogens is 1. The lowest BCUT2D eigenvalue weighted by Gasteiger charge is -2.05. The summed E-state index contributed by atoms with van der Waals surface area (Å²) in [5.74, 6) is 0. The second-order valence-corrected chi connectivity index (χ2v) is 8.21. The molecule has 6 nitrogen and oxygen atoms in total. The first-order valence-electron chi connectivity index (χ1n) is 5.33. The van der Waals surface area contributed by atoms with Gasteiger partial charge in [0.1, 0.15) is 4.21 Å². The number of nitro groups is 1. The lowest BCUT2D eigenvalue weighted by atomic mass is 10.3. The van der Waals surface area contributed by atoms with Gasteiger partial charge in [-0.1, -0.05) is 6.07 Å². The van der Waals surface area contributed by atoms with Gasteiger partial charge in [0, 0.05) is 12.1 Å². The van der Waals surface area contributed by atoms with Crippen LogP contribution in [0.4, 0.5) is 11.4 Å². The van der Waals surface area contributed by atoms with Crippen molar-refractivity contribution in [2.24, 2.45) is 0 Å². The van der Waals surface area contributed by atoms with Crippen molar-refractivity contribution >= 4 is 48.7 Å². The molecule has 0 aliphatic carbocycles. The topological polar surface area (TPSA) is 89.3 Å². The van der Waals surface area contributed by atoms with E-state index in [0.717, 1.165) is 20.7 Å². The Labute approximate surface area is 127 Å². The Morgan fingerprint density at radius 2 is 2.05 bits per heavy atom. The van der Waals surface area contributed by atoms with E-state index in [1.54, 1.807) is 6.92 Å². The second kappa shape index (κ2) is 5.51. The van der Waals surface area contributed by atoms with Crippen LogP contribution in [-0.4, -0.2) is 13.3 Å². The summed E-state index contributed by atoms with van der Waals surface area (Å²) in [4.78, 5) is 10.1. The molecule has 106 valence electrons. The summed E-state index contributed by atoms with van der Waals surface area (Å²) in [6.45, 7) is 1.78. The van der Waals surface area contributed by atoms with Crippen molar-refractivity contribution in [1.29, 1.82) is 0 Å². The molecule has 2 rings (SSSR count). The van der Waals surface area contributed by atoms with Crippen LogP contribution in [0.25, 0.3) is 0 Å². The molecule has 0 saturated heterocycles. The van der Waals surface area contributed by atoms with Gasteiger partial charge in [0.15, 0.2) is 0 Å². The van der Waals surface area contributed by atoms with Crippen LogP contribution in [0.3, 0.4) is 0 Å². The second-order valence-electron chi connectivity index (χ2n) is 3.94. The minimum absolute atomic E-state index is 0.147. The van der Waals surface area contributed by atoms with Gasteiger partial charge in [-0.25, -0.2) is 8.42 Å². The van der Waals surface area contributed by atoms with Gasteiger partial charge in [-0.3, -0.25) is 14.8 Å². The maximum Gasteiger partial charge on any atom is 0.271 e. The molecule has 0 bridgehead atoms. The minimum atomic E-state index is -3.74. The molecule has 0 atom stereocenters. The molecule has 0 aliphatic heterocycles. The Hall–Kier alpha value is -1.45. The van der Waals surface area contributed by atoms with E-state index in [2.05, 4.69) is 20.7 Å². The molecule has 0 fully saturated rings. The number of non-ortho nitro benzene ring substituents is 1. The van der Waals surface area contributed by atoms with E-state index in [0.29, 0.717) is 0 Å². The van der Waals surface area contributed by atoms with E-state index in [1.807, 2.05) is 0 Å². The van der Waals surface area contributed by atoms with Crippen LogP contribution in [0.2, 0.25) is 0 Å². The number of nitro benzene ring substituents is 1. The van der Waals surface area contributed by atoms with Crippen LogP contribution in [0, 0.1) is 17.0 Å². The minimum Gasteiger partial charge on any atom is -0.279 e. The van der Waals surface area contributed by atoms with Gasteiger partial charge in [0.25, 0.3) is 15.7 Å². The number of sulfonamides is 1. The van der Waals surface area contributed by atoms with Crippen molar-refractivity contribution in [2.45, 2.75) is 11.1 Å². The van der Waals surface area contributed by atoms with Crippen LogP contribution in [0.5, 0.6) is 0 Å². The number of nitrogens with one attached hydrogen (secondary N) is 1. The van der Waals surface area contributed by atoms with E-state index in [9.17, 15) is 18.5 Å².